The number of anilines is 2. The van der Waals surface area contributed by atoms with E-state index in [1.54, 1.807) is 0 Å². The van der Waals surface area contributed by atoms with Crippen LogP contribution in [-0.4, -0.2) is 30.7 Å². The quantitative estimate of drug-likeness (QED) is 0.587. The Hall–Kier alpha value is -3.05. The van der Waals surface area contributed by atoms with Gasteiger partial charge in [0.2, 0.25) is 5.91 Å². The zero-order valence-corrected chi connectivity index (χ0v) is 17.4. The van der Waals surface area contributed by atoms with Crippen molar-refractivity contribution in [1.82, 2.24) is 0 Å². The standard InChI is InChI=1S/C25H22N2O2S/c28-24(26-15-13-18-7-1-4-10-21(18)26)17-30-23-12-6-3-9-20(23)25(29)27-16-14-19-8-2-5-11-22(19)27/h1-12H,13-17H2. The van der Waals surface area contributed by atoms with Gasteiger partial charge in [-0.1, -0.05) is 48.5 Å². The molecule has 2 aliphatic rings. The molecule has 0 N–H and O–H groups in total. The van der Waals surface area contributed by atoms with Crippen LogP contribution in [-0.2, 0) is 17.6 Å². The summed E-state index contributed by atoms with van der Waals surface area (Å²) in [7, 11) is 0. The first-order valence-electron chi connectivity index (χ1n) is 10.2. The smallest absolute Gasteiger partial charge is 0.259 e. The molecule has 4 nitrogen and oxygen atoms in total. The van der Waals surface area contributed by atoms with Crippen LogP contribution in [0.15, 0.2) is 77.7 Å². The highest BCUT2D eigenvalue weighted by Crippen LogP contribution is 2.33. The molecule has 0 atom stereocenters. The number of hydrogen-bond donors (Lipinski definition) is 0. The molecule has 3 aromatic carbocycles. The number of hydrogen-bond acceptors (Lipinski definition) is 3. The number of para-hydroxylation sites is 2. The van der Waals surface area contributed by atoms with Crippen LogP contribution in [0.25, 0.3) is 0 Å². The lowest BCUT2D eigenvalue weighted by atomic mass is 10.1. The Kier molecular flexibility index (Phi) is 5.05. The van der Waals surface area contributed by atoms with E-state index in [-0.39, 0.29) is 11.8 Å². The van der Waals surface area contributed by atoms with Gasteiger partial charge in [0.1, 0.15) is 0 Å². The third kappa shape index (κ3) is 3.39. The van der Waals surface area contributed by atoms with Gasteiger partial charge in [0.05, 0.1) is 11.3 Å². The summed E-state index contributed by atoms with van der Waals surface area (Å²) >= 11 is 1.45. The van der Waals surface area contributed by atoms with Gasteiger partial charge in [-0.3, -0.25) is 9.59 Å². The van der Waals surface area contributed by atoms with Crippen LogP contribution < -0.4 is 9.80 Å². The van der Waals surface area contributed by atoms with Crippen molar-refractivity contribution in [1.29, 1.82) is 0 Å². The normalized spacial score (nSPS) is 14.5. The fourth-order valence-corrected chi connectivity index (χ4v) is 5.20. The van der Waals surface area contributed by atoms with Gasteiger partial charge < -0.3 is 9.80 Å². The molecular formula is C25H22N2O2S. The molecule has 0 saturated carbocycles. The molecule has 0 aromatic heterocycles. The van der Waals surface area contributed by atoms with E-state index in [1.807, 2.05) is 70.5 Å². The number of carbonyl (C=O) groups is 2. The molecule has 150 valence electrons. The van der Waals surface area contributed by atoms with Gasteiger partial charge in [0.15, 0.2) is 0 Å². The predicted octanol–water partition coefficient (Wildman–Crippen LogP) is 4.57. The monoisotopic (exact) mass is 414 g/mol. The van der Waals surface area contributed by atoms with Crippen molar-refractivity contribution >= 4 is 35.0 Å². The fraction of sp³-hybridized carbons (Fsp3) is 0.200. The van der Waals surface area contributed by atoms with Crippen LogP contribution in [0.3, 0.4) is 0 Å². The van der Waals surface area contributed by atoms with Gasteiger partial charge in [0, 0.05) is 29.4 Å². The molecule has 0 unspecified atom stereocenters. The van der Waals surface area contributed by atoms with Crippen LogP contribution in [0.4, 0.5) is 11.4 Å². The summed E-state index contributed by atoms with van der Waals surface area (Å²) in [5.74, 6) is 0.399. The van der Waals surface area contributed by atoms with Crippen LogP contribution in [0.1, 0.15) is 21.5 Å². The third-order valence-corrected chi connectivity index (χ3v) is 6.85. The molecule has 2 aliphatic heterocycles. The fourth-order valence-electron chi connectivity index (χ4n) is 4.28. The predicted molar refractivity (Wildman–Crippen MR) is 121 cm³/mol. The molecule has 30 heavy (non-hydrogen) atoms. The number of nitrogens with zero attached hydrogens (tertiary/aromatic N) is 2. The van der Waals surface area contributed by atoms with E-state index in [0.717, 1.165) is 35.7 Å². The first-order chi connectivity index (χ1) is 14.7. The largest absolute Gasteiger partial charge is 0.311 e. The summed E-state index contributed by atoms with van der Waals surface area (Å²) in [5, 5.41) is 0. The maximum absolute atomic E-state index is 13.3. The average Bonchev–Trinajstić information content (AvgIpc) is 3.42. The minimum absolute atomic E-state index is 0.00187. The lowest BCUT2D eigenvalue weighted by molar-refractivity contribution is -0.116. The zero-order chi connectivity index (χ0) is 20.5. The van der Waals surface area contributed by atoms with Crippen molar-refractivity contribution in [2.75, 3.05) is 28.6 Å². The topological polar surface area (TPSA) is 40.6 Å². The Morgan fingerprint density at radius 3 is 2.03 bits per heavy atom. The van der Waals surface area contributed by atoms with Crippen LogP contribution in [0, 0.1) is 0 Å². The minimum Gasteiger partial charge on any atom is -0.311 e. The second-order valence-corrected chi connectivity index (χ2v) is 8.56. The van der Waals surface area contributed by atoms with Crippen molar-refractivity contribution in [2.45, 2.75) is 17.7 Å². The summed E-state index contributed by atoms with van der Waals surface area (Å²) in [6.45, 7) is 1.42. The Balaban J connectivity index is 1.33. The summed E-state index contributed by atoms with van der Waals surface area (Å²) < 4.78 is 0. The first kappa shape index (κ1) is 18.9. The molecule has 0 spiro atoms. The molecule has 5 rings (SSSR count). The van der Waals surface area contributed by atoms with E-state index in [4.69, 9.17) is 0 Å². The van der Waals surface area contributed by atoms with E-state index >= 15 is 0 Å². The second-order valence-electron chi connectivity index (χ2n) is 7.54. The van der Waals surface area contributed by atoms with Crippen LogP contribution in [0.2, 0.25) is 0 Å². The Labute approximate surface area is 180 Å². The molecular weight excluding hydrogens is 392 g/mol. The van der Waals surface area contributed by atoms with Gasteiger partial charge in [-0.2, -0.15) is 0 Å². The van der Waals surface area contributed by atoms with Gasteiger partial charge in [-0.15, -0.1) is 11.8 Å². The number of rotatable bonds is 4. The molecule has 0 fully saturated rings. The van der Waals surface area contributed by atoms with E-state index in [2.05, 4.69) is 12.1 Å². The highest BCUT2D eigenvalue weighted by molar-refractivity contribution is 8.00. The van der Waals surface area contributed by atoms with Crippen LogP contribution >= 0.6 is 11.8 Å². The molecule has 2 amide bonds. The second kappa shape index (κ2) is 8.00. The van der Waals surface area contributed by atoms with Gasteiger partial charge in [-0.25, -0.2) is 0 Å². The van der Waals surface area contributed by atoms with Crippen molar-refractivity contribution in [3.8, 4) is 0 Å². The maximum atomic E-state index is 13.3. The van der Waals surface area contributed by atoms with Gasteiger partial charge in [0.25, 0.3) is 5.91 Å². The number of benzene rings is 3. The third-order valence-electron chi connectivity index (χ3n) is 5.79. The maximum Gasteiger partial charge on any atom is 0.259 e. The van der Waals surface area contributed by atoms with Crippen molar-refractivity contribution < 1.29 is 9.59 Å². The van der Waals surface area contributed by atoms with E-state index in [0.29, 0.717) is 17.9 Å². The highest BCUT2D eigenvalue weighted by atomic mass is 32.2. The molecule has 5 heteroatoms. The summed E-state index contributed by atoms with van der Waals surface area (Å²) in [6.07, 6.45) is 1.78. The lowest BCUT2D eigenvalue weighted by Gasteiger charge is -2.20. The summed E-state index contributed by atoms with van der Waals surface area (Å²) in [4.78, 5) is 30.8. The number of amides is 2. The number of fused-ring (bicyclic) bond motifs is 2. The summed E-state index contributed by atoms with van der Waals surface area (Å²) in [5.41, 5.74) is 5.10. The highest BCUT2D eigenvalue weighted by Gasteiger charge is 2.28. The van der Waals surface area contributed by atoms with E-state index < -0.39 is 0 Å². The number of thioether (sulfide) groups is 1. The van der Waals surface area contributed by atoms with Gasteiger partial charge >= 0.3 is 0 Å². The lowest BCUT2D eigenvalue weighted by Crippen LogP contribution is -2.31. The van der Waals surface area contributed by atoms with Crippen molar-refractivity contribution in [3.05, 3.63) is 89.5 Å². The zero-order valence-electron chi connectivity index (χ0n) is 16.6. The van der Waals surface area contributed by atoms with E-state index in [1.165, 1.54) is 22.9 Å². The SMILES string of the molecule is O=C(CSc1ccccc1C(=O)N1CCc2ccccc21)N1CCc2ccccc21. The Morgan fingerprint density at radius 1 is 0.733 bits per heavy atom. The van der Waals surface area contributed by atoms with Gasteiger partial charge in [-0.05, 0) is 48.2 Å². The molecule has 0 bridgehead atoms. The van der Waals surface area contributed by atoms with Crippen molar-refractivity contribution in [2.24, 2.45) is 0 Å². The van der Waals surface area contributed by atoms with Crippen LogP contribution in [0.5, 0.6) is 0 Å². The number of carbonyl (C=O) groups excluding carboxylic acids is 2. The van der Waals surface area contributed by atoms with E-state index in [9.17, 15) is 9.59 Å². The van der Waals surface area contributed by atoms with Crippen molar-refractivity contribution in [3.63, 3.8) is 0 Å². The molecule has 3 aromatic rings. The average molecular weight is 415 g/mol. The molecule has 2 heterocycles. The molecule has 0 aliphatic carbocycles. The summed E-state index contributed by atoms with van der Waals surface area (Å²) in [6, 6.07) is 23.7. The molecule has 0 radical (unpaired) electrons. The Bertz CT molecular complexity index is 1130. The Morgan fingerprint density at radius 2 is 1.30 bits per heavy atom. The minimum atomic E-state index is 0.00187. The molecule has 0 saturated heterocycles. The first-order valence-corrected chi connectivity index (χ1v) is 11.2.